The number of halogens is 1. The fraction of sp³-hybridized carbons (Fsp3) is 0.0526. The Bertz CT molecular complexity index is 1180. The van der Waals surface area contributed by atoms with E-state index >= 15 is 0 Å². The number of phenols is 1. The van der Waals surface area contributed by atoms with Gasteiger partial charge in [0.1, 0.15) is 15.5 Å². The summed E-state index contributed by atoms with van der Waals surface area (Å²) in [6, 6.07) is 13.5. The number of nitrogens with one attached hydrogen (secondary N) is 2. The van der Waals surface area contributed by atoms with Gasteiger partial charge in [-0.2, -0.15) is 0 Å². The lowest BCUT2D eigenvalue weighted by atomic mass is 10.2. The van der Waals surface area contributed by atoms with Crippen molar-refractivity contribution in [2.75, 3.05) is 16.6 Å². The van der Waals surface area contributed by atoms with Crippen molar-refractivity contribution in [3.8, 4) is 5.75 Å². The zero-order valence-corrected chi connectivity index (χ0v) is 18.4. The number of ether oxygens (including phenoxy) is 1. The third kappa shape index (κ3) is 5.59. The van der Waals surface area contributed by atoms with Gasteiger partial charge in [-0.15, -0.1) is 11.3 Å². The molecule has 0 saturated heterocycles. The van der Waals surface area contributed by atoms with Gasteiger partial charge < -0.3 is 15.2 Å². The molecule has 3 aromatic rings. The zero-order chi connectivity index (χ0) is 21.7. The minimum Gasteiger partial charge on any atom is -0.507 e. The summed E-state index contributed by atoms with van der Waals surface area (Å²) in [7, 11) is -3.82. The number of thiophene rings is 1. The maximum Gasteiger partial charge on any atom is 0.342 e. The highest BCUT2D eigenvalue weighted by Gasteiger charge is 2.19. The quantitative estimate of drug-likeness (QED) is 0.328. The molecule has 30 heavy (non-hydrogen) atoms. The molecule has 0 unspecified atom stereocenters. The highest BCUT2D eigenvalue weighted by molar-refractivity contribution is 9.10. The summed E-state index contributed by atoms with van der Waals surface area (Å²) in [5, 5.41) is 14.1. The first-order valence-corrected chi connectivity index (χ1v) is 11.5. The van der Waals surface area contributed by atoms with Crippen LogP contribution >= 0.6 is 27.3 Å². The Balaban J connectivity index is 1.65. The van der Waals surface area contributed by atoms with Gasteiger partial charge in [-0.25, -0.2) is 13.2 Å². The van der Waals surface area contributed by atoms with Crippen LogP contribution in [0.1, 0.15) is 10.4 Å². The van der Waals surface area contributed by atoms with Crippen molar-refractivity contribution < 1.29 is 27.9 Å². The topological polar surface area (TPSA) is 122 Å². The standard InChI is InChI=1S/C19H15BrN2O6S2/c20-12-3-1-4-13(9-12)21-17(24)11-28-19(25)15-10-14(6-7-16(15)23)22-30(26,27)18-5-2-8-29-18/h1-10,22-23H,11H2,(H,21,24). The second-order valence-corrected chi connectivity index (χ2v) is 9.68. The Morgan fingerprint density at radius 1 is 1.07 bits per heavy atom. The lowest BCUT2D eigenvalue weighted by Crippen LogP contribution is -2.21. The molecule has 0 aliphatic rings. The fourth-order valence-corrected chi connectivity index (χ4v) is 4.80. The van der Waals surface area contributed by atoms with Crippen LogP contribution in [0, 0.1) is 0 Å². The molecule has 0 spiro atoms. The number of phenolic OH excluding ortho intramolecular Hbond substituents is 1. The van der Waals surface area contributed by atoms with Crippen molar-refractivity contribution in [2.24, 2.45) is 0 Å². The molecule has 3 rings (SSSR count). The number of anilines is 2. The second-order valence-electron chi connectivity index (χ2n) is 5.90. The molecule has 3 N–H and O–H groups in total. The van der Waals surface area contributed by atoms with E-state index in [4.69, 9.17) is 4.74 Å². The Morgan fingerprint density at radius 3 is 2.57 bits per heavy atom. The number of amides is 1. The van der Waals surface area contributed by atoms with Crippen LogP contribution in [-0.4, -0.2) is 32.0 Å². The first-order chi connectivity index (χ1) is 14.2. The molecular formula is C19H15BrN2O6S2. The summed E-state index contributed by atoms with van der Waals surface area (Å²) in [4.78, 5) is 24.3. The summed E-state index contributed by atoms with van der Waals surface area (Å²) in [6.45, 7) is -0.587. The maximum absolute atomic E-state index is 12.3. The molecule has 0 fully saturated rings. The first kappa shape index (κ1) is 21.8. The summed E-state index contributed by atoms with van der Waals surface area (Å²) < 4.78 is 32.7. The smallest absolute Gasteiger partial charge is 0.342 e. The Kier molecular flexibility index (Phi) is 6.75. The van der Waals surface area contributed by atoms with E-state index in [1.807, 2.05) is 0 Å². The molecule has 0 aliphatic heterocycles. The van der Waals surface area contributed by atoms with Crippen LogP contribution in [0.25, 0.3) is 0 Å². The summed E-state index contributed by atoms with van der Waals surface area (Å²) in [6.07, 6.45) is 0. The number of hydrogen-bond acceptors (Lipinski definition) is 7. The minimum atomic E-state index is -3.82. The van der Waals surface area contributed by atoms with E-state index in [0.29, 0.717) is 5.69 Å². The van der Waals surface area contributed by atoms with Crippen LogP contribution in [-0.2, 0) is 19.6 Å². The predicted molar refractivity (Wildman–Crippen MR) is 116 cm³/mol. The predicted octanol–water partition coefficient (Wildman–Crippen LogP) is 3.81. The molecule has 0 bridgehead atoms. The van der Waals surface area contributed by atoms with E-state index in [0.717, 1.165) is 27.9 Å². The van der Waals surface area contributed by atoms with Crippen LogP contribution in [0.3, 0.4) is 0 Å². The number of hydrogen-bond donors (Lipinski definition) is 3. The van der Waals surface area contributed by atoms with Gasteiger partial charge in [0.2, 0.25) is 0 Å². The fourth-order valence-electron chi connectivity index (χ4n) is 2.36. The van der Waals surface area contributed by atoms with Gasteiger partial charge in [0.15, 0.2) is 6.61 Å². The van der Waals surface area contributed by atoms with E-state index in [1.165, 1.54) is 12.1 Å². The molecule has 1 aromatic heterocycles. The lowest BCUT2D eigenvalue weighted by molar-refractivity contribution is -0.119. The van der Waals surface area contributed by atoms with Crippen LogP contribution in [0.4, 0.5) is 11.4 Å². The molecular weight excluding hydrogens is 496 g/mol. The highest BCUT2D eigenvalue weighted by Crippen LogP contribution is 2.25. The molecule has 0 saturated carbocycles. The molecule has 156 valence electrons. The molecule has 2 aromatic carbocycles. The number of carbonyl (C=O) groups excluding carboxylic acids is 2. The van der Waals surface area contributed by atoms with Crippen LogP contribution in [0.5, 0.6) is 5.75 Å². The van der Waals surface area contributed by atoms with E-state index in [-0.39, 0.29) is 15.5 Å². The number of sulfonamides is 1. The largest absolute Gasteiger partial charge is 0.507 e. The van der Waals surface area contributed by atoms with Crippen molar-refractivity contribution in [2.45, 2.75) is 4.21 Å². The molecule has 0 radical (unpaired) electrons. The normalized spacial score (nSPS) is 11.0. The van der Waals surface area contributed by atoms with E-state index in [1.54, 1.807) is 35.7 Å². The second kappa shape index (κ2) is 9.28. The van der Waals surface area contributed by atoms with Crippen LogP contribution in [0.15, 0.2) is 68.7 Å². The van der Waals surface area contributed by atoms with Gasteiger partial charge in [-0.05, 0) is 47.8 Å². The average molecular weight is 511 g/mol. The van der Waals surface area contributed by atoms with E-state index in [9.17, 15) is 23.1 Å². The van der Waals surface area contributed by atoms with Crippen molar-refractivity contribution in [1.82, 2.24) is 0 Å². The van der Waals surface area contributed by atoms with Gasteiger partial charge in [-0.1, -0.05) is 28.1 Å². The maximum atomic E-state index is 12.3. The summed E-state index contributed by atoms with van der Waals surface area (Å²) in [5.74, 6) is -1.96. The SMILES string of the molecule is O=C(COC(=O)c1cc(NS(=O)(=O)c2cccs2)ccc1O)Nc1cccc(Br)c1. The number of carbonyl (C=O) groups is 2. The summed E-state index contributed by atoms with van der Waals surface area (Å²) in [5.41, 5.74) is 0.293. The molecule has 8 nitrogen and oxygen atoms in total. The van der Waals surface area contributed by atoms with Crippen molar-refractivity contribution in [1.29, 1.82) is 0 Å². The van der Waals surface area contributed by atoms with E-state index in [2.05, 4.69) is 26.0 Å². The monoisotopic (exact) mass is 510 g/mol. The number of rotatable bonds is 7. The van der Waals surface area contributed by atoms with Crippen LogP contribution < -0.4 is 10.0 Å². The Morgan fingerprint density at radius 2 is 1.87 bits per heavy atom. The average Bonchev–Trinajstić information content (AvgIpc) is 3.23. The zero-order valence-electron chi connectivity index (χ0n) is 15.2. The van der Waals surface area contributed by atoms with Gasteiger partial charge in [-0.3, -0.25) is 9.52 Å². The van der Waals surface area contributed by atoms with Gasteiger partial charge in [0.25, 0.3) is 15.9 Å². The minimum absolute atomic E-state index is 0.0618. The van der Waals surface area contributed by atoms with E-state index < -0.39 is 34.3 Å². The Hall–Kier alpha value is -2.89. The van der Waals surface area contributed by atoms with Gasteiger partial charge >= 0.3 is 5.97 Å². The van der Waals surface area contributed by atoms with Gasteiger partial charge in [0.05, 0.1) is 0 Å². The molecule has 1 heterocycles. The molecule has 0 aliphatic carbocycles. The first-order valence-electron chi connectivity index (χ1n) is 8.36. The third-order valence-corrected chi connectivity index (χ3v) is 6.94. The van der Waals surface area contributed by atoms with Crippen LogP contribution in [0.2, 0.25) is 0 Å². The summed E-state index contributed by atoms with van der Waals surface area (Å²) >= 11 is 4.32. The lowest BCUT2D eigenvalue weighted by Gasteiger charge is -2.10. The molecule has 11 heteroatoms. The van der Waals surface area contributed by atoms with Crippen molar-refractivity contribution in [3.63, 3.8) is 0 Å². The van der Waals surface area contributed by atoms with Gasteiger partial charge in [0, 0.05) is 15.8 Å². The number of esters is 1. The Labute approximate surface area is 184 Å². The highest BCUT2D eigenvalue weighted by atomic mass is 79.9. The molecule has 1 amide bonds. The molecule has 0 atom stereocenters. The number of aromatic hydroxyl groups is 1. The third-order valence-electron chi connectivity index (χ3n) is 3.67. The van der Waals surface area contributed by atoms with Crippen molar-refractivity contribution in [3.05, 3.63) is 70.0 Å². The number of benzene rings is 2. The van der Waals surface area contributed by atoms with Crippen molar-refractivity contribution >= 4 is 60.5 Å².